The second kappa shape index (κ2) is 7.38. The number of nitrogens with zero attached hydrogens (tertiary/aromatic N) is 4. The molecule has 2 rings (SSSR count). The van der Waals surface area contributed by atoms with Crippen LogP contribution < -0.4 is 0 Å². The lowest BCUT2D eigenvalue weighted by Gasteiger charge is -2.36. The Balaban J connectivity index is 1.84. The normalized spacial score (nSPS) is 17.0. The molecule has 0 radical (unpaired) electrons. The van der Waals surface area contributed by atoms with Crippen LogP contribution in [0.3, 0.4) is 0 Å². The molecule has 1 aromatic heterocycles. The maximum atomic E-state index is 12.8. The van der Waals surface area contributed by atoms with Gasteiger partial charge in [-0.05, 0) is 5.41 Å². The summed E-state index contributed by atoms with van der Waals surface area (Å²) >= 11 is 0. The van der Waals surface area contributed by atoms with Crippen molar-refractivity contribution in [2.75, 3.05) is 26.2 Å². The van der Waals surface area contributed by atoms with E-state index in [9.17, 15) is 13.6 Å². The SMILES string of the molecule is CCC(C)(C)CC(=O)N1CCN(Cc2nccn2C(F)F)CC1. The fourth-order valence-electron chi connectivity index (χ4n) is 2.65. The topological polar surface area (TPSA) is 41.4 Å². The van der Waals surface area contributed by atoms with Crippen LogP contribution in [0.2, 0.25) is 0 Å². The molecule has 0 saturated carbocycles. The fraction of sp³-hybridized carbons (Fsp3) is 0.750. The first-order valence-corrected chi connectivity index (χ1v) is 8.12. The highest BCUT2D eigenvalue weighted by Gasteiger charge is 2.27. The van der Waals surface area contributed by atoms with Crippen molar-refractivity contribution >= 4 is 5.91 Å². The summed E-state index contributed by atoms with van der Waals surface area (Å²) in [6.07, 6.45) is 4.22. The molecule has 1 aliphatic rings. The molecule has 1 fully saturated rings. The third-order valence-corrected chi connectivity index (χ3v) is 4.64. The molecule has 0 aromatic carbocycles. The van der Waals surface area contributed by atoms with Crippen LogP contribution in [-0.4, -0.2) is 51.4 Å². The minimum Gasteiger partial charge on any atom is -0.340 e. The molecular weight excluding hydrogens is 302 g/mol. The number of amides is 1. The van der Waals surface area contributed by atoms with E-state index in [0.717, 1.165) is 11.0 Å². The molecule has 1 aromatic rings. The van der Waals surface area contributed by atoms with Gasteiger partial charge in [-0.25, -0.2) is 4.98 Å². The Morgan fingerprint density at radius 2 is 1.96 bits per heavy atom. The van der Waals surface area contributed by atoms with E-state index in [1.807, 2.05) is 4.90 Å². The van der Waals surface area contributed by atoms with Gasteiger partial charge in [0.05, 0.1) is 6.54 Å². The van der Waals surface area contributed by atoms with Gasteiger partial charge in [0.2, 0.25) is 5.91 Å². The van der Waals surface area contributed by atoms with Gasteiger partial charge in [0, 0.05) is 45.0 Å². The first kappa shape index (κ1) is 17.8. The zero-order chi connectivity index (χ0) is 17.0. The number of imidazole rings is 1. The number of hydrogen-bond donors (Lipinski definition) is 0. The number of piperazine rings is 1. The number of rotatable bonds is 6. The van der Waals surface area contributed by atoms with Gasteiger partial charge in [0.25, 0.3) is 0 Å². The van der Waals surface area contributed by atoms with Crippen molar-refractivity contribution in [2.24, 2.45) is 5.41 Å². The van der Waals surface area contributed by atoms with Crippen LogP contribution in [0, 0.1) is 5.41 Å². The summed E-state index contributed by atoms with van der Waals surface area (Å²) in [7, 11) is 0. The van der Waals surface area contributed by atoms with Crippen molar-refractivity contribution in [3.63, 3.8) is 0 Å². The summed E-state index contributed by atoms with van der Waals surface area (Å²) in [4.78, 5) is 20.3. The lowest BCUT2D eigenvalue weighted by atomic mass is 9.86. The van der Waals surface area contributed by atoms with E-state index < -0.39 is 6.55 Å². The third kappa shape index (κ3) is 4.73. The minimum absolute atomic E-state index is 0.0240. The Morgan fingerprint density at radius 3 is 2.52 bits per heavy atom. The number of carbonyl (C=O) groups is 1. The van der Waals surface area contributed by atoms with Gasteiger partial charge in [-0.3, -0.25) is 14.3 Å². The summed E-state index contributed by atoms with van der Waals surface area (Å²) in [5.41, 5.74) is 0.0240. The Kier molecular flexibility index (Phi) is 5.73. The maximum absolute atomic E-state index is 12.8. The van der Waals surface area contributed by atoms with E-state index in [4.69, 9.17) is 0 Å². The molecule has 1 saturated heterocycles. The monoisotopic (exact) mass is 328 g/mol. The summed E-state index contributed by atoms with van der Waals surface area (Å²) in [5.74, 6) is 0.553. The molecule has 1 aliphatic heterocycles. The van der Waals surface area contributed by atoms with E-state index in [-0.39, 0.29) is 11.3 Å². The maximum Gasteiger partial charge on any atom is 0.319 e. The first-order valence-electron chi connectivity index (χ1n) is 8.12. The van der Waals surface area contributed by atoms with Crippen molar-refractivity contribution in [3.8, 4) is 0 Å². The van der Waals surface area contributed by atoms with Gasteiger partial charge < -0.3 is 4.90 Å². The van der Waals surface area contributed by atoms with E-state index in [1.165, 1.54) is 12.4 Å². The van der Waals surface area contributed by atoms with Gasteiger partial charge in [0.1, 0.15) is 5.82 Å². The Bertz CT molecular complexity index is 522. The van der Waals surface area contributed by atoms with Crippen LogP contribution in [0.25, 0.3) is 0 Å². The van der Waals surface area contributed by atoms with Gasteiger partial charge in [0.15, 0.2) is 0 Å². The van der Waals surface area contributed by atoms with Crippen LogP contribution in [0.5, 0.6) is 0 Å². The molecule has 0 atom stereocenters. The average molecular weight is 328 g/mol. The highest BCUT2D eigenvalue weighted by atomic mass is 19.3. The predicted molar refractivity (Wildman–Crippen MR) is 84.0 cm³/mol. The fourth-order valence-corrected chi connectivity index (χ4v) is 2.65. The first-order chi connectivity index (χ1) is 10.8. The molecular formula is C16H26F2N4O. The quantitative estimate of drug-likeness (QED) is 0.806. The number of alkyl halides is 2. The molecule has 1 amide bonds. The van der Waals surface area contributed by atoms with Crippen molar-refractivity contribution < 1.29 is 13.6 Å². The summed E-state index contributed by atoms with van der Waals surface area (Å²) in [6.45, 7) is 6.80. The van der Waals surface area contributed by atoms with Crippen LogP contribution in [0.15, 0.2) is 12.4 Å². The molecule has 5 nitrogen and oxygen atoms in total. The van der Waals surface area contributed by atoms with Crippen LogP contribution >= 0.6 is 0 Å². The predicted octanol–water partition coefficient (Wildman–Crippen LogP) is 2.75. The van der Waals surface area contributed by atoms with Crippen LogP contribution in [0.1, 0.15) is 46.0 Å². The molecule has 0 aliphatic carbocycles. The molecule has 0 unspecified atom stereocenters. The Morgan fingerprint density at radius 1 is 1.30 bits per heavy atom. The molecule has 7 heteroatoms. The van der Waals surface area contributed by atoms with Gasteiger partial charge in [-0.1, -0.05) is 27.2 Å². The van der Waals surface area contributed by atoms with E-state index in [2.05, 4.69) is 30.7 Å². The molecule has 130 valence electrons. The Labute approximate surface area is 136 Å². The second-order valence-electron chi connectivity index (χ2n) is 6.88. The van der Waals surface area contributed by atoms with Gasteiger partial charge in [-0.15, -0.1) is 0 Å². The molecule has 0 spiro atoms. The average Bonchev–Trinajstić information content (AvgIpc) is 2.96. The van der Waals surface area contributed by atoms with Crippen LogP contribution in [0.4, 0.5) is 8.78 Å². The number of aromatic nitrogens is 2. The van der Waals surface area contributed by atoms with Crippen molar-refractivity contribution in [3.05, 3.63) is 18.2 Å². The van der Waals surface area contributed by atoms with E-state index >= 15 is 0 Å². The van der Waals surface area contributed by atoms with Gasteiger partial charge in [-0.2, -0.15) is 8.78 Å². The zero-order valence-corrected chi connectivity index (χ0v) is 14.1. The summed E-state index contributed by atoms with van der Waals surface area (Å²) < 4.78 is 26.5. The number of halogens is 2. The largest absolute Gasteiger partial charge is 0.340 e. The second-order valence-corrected chi connectivity index (χ2v) is 6.88. The lowest BCUT2D eigenvalue weighted by molar-refractivity contribution is -0.135. The number of carbonyl (C=O) groups excluding carboxylic acids is 1. The van der Waals surface area contributed by atoms with E-state index in [0.29, 0.717) is 45.0 Å². The van der Waals surface area contributed by atoms with Crippen molar-refractivity contribution in [1.82, 2.24) is 19.4 Å². The molecule has 0 bridgehead atoms. The van der Waals surface area contributed by atoms with Crippen LogP contribution in [-0.2, 0) is 11.3 Å². The zero-order valence-electron chi connectivity index (χ0n) is 14.1. The summed E-state index contributed by atoms with van der Waals surface area (Å²) in [5, 5.41) is 0. The summed E-state index contributed by atoms with van der Waals surface area (Å²) in [6, 6.07) is 0. The van der Waals surface area contributed by atoms with Crippen molar-refractivity contribution in [2.45, 2.75) is 46.7 Å². The number of hydrogen-bond acceptors (Lipinski definition) is 3. The molecule has 0 N–H and O–H groups in total. The van der Waals surface area contributed by atoms with Crippen molar-refractivity contribution in [1.29, 1.82) is 0 Å². The third-order valence-electron chi connectivity index (χ3n) is 4.64. The van der Waals surface area contributed by atoms with Gasteiger partial charge >= 0.3 is 6.55 Å². The highest BCUT2D eigenvalue weighted by molar-refractivity contribution is 5.77. The molecule has 23 heavy (non-hydrogen) atoms. The van der Waals surface area contributed by atoms with E-state index in [1.54, 1.807) is 0 Å². The Hall–Kier alpha value is -1.50. The smallest absolute Gasteiger partial charge is 0.319 e. The minimum atomic E-state index is -2.56. The lowest BCUT2D eigenvalue weighted by Crippen LogP contribution is -2.49. The molecule has 2 heterocycles. The standard InChI is InChI=1S/C16H26F2N4O/c1-4-16(2,3)11-14(23)21-9-7-20(8-10-21)12-13-19-5-6-22(13)15(17)18/h5-6,15H,4,7-12H2,1-3H3. The highest BCUT2D eigenvalue weighted by Crippen LogP contribution is 2.25.